The molecular formula is C17H28N2O5. The predicted octanol–water partition coefficient (Wildman–Crippen LogP) is 0.829. The summed E-state index contributed by atoms with van der Waals surface area (Å²) < 4.78 is 10.5. The van der Waals surface area contributed by atoms with Crippen molar-refractivity contribution in [2.45, 2.75) is 58.8 Å². The largest absolute Gasteiger partial charge is 0.388 e. The van der Waals surface area contributed by atoms with Crippen molar-refractivity contribution in [1.82, 2.24) is 10.1 Å². The first kappa shape index (κ1) is 18.9. The number of aromatic nitrogens is 1. The molecule has 1 saturated heterocycles. The third kappa shape index (κ3) is 4.34. The van der Waals surface area contributed by atoms with Crippen molar-refractivity contribution in [3.05, 3.63) is 17.0 Å². The minimum Gasteiger partial charge on any atom is -0.388 e. The van der Waals surface area contributed by atoms with Crippen molar-refractivity contribution in [2.75, 3.05) is 19.8 Å². The molecule has 136 valence electrons. The molecule has 0 saturated carbocycles. The molecule has 0 radical (unpaired) electrons. The van der Waals surface area contributed by atoms with Gasteiger partial charge in [-0.25, -0.2) is 0 Å². The highest BCUT2D eigenvalue weighted by atomic mass is 16.5. The molecule has 0 unspecified atom stereocenters. The van der Waals surface area contributed by atoms with Crippen molar-refractivity contribution >= 4 is 5.91 Å². The Labute approximate surface area is 142 Å². The molecule has 1 aliphatic heterocycles. The predicted molar refractivity (Wildman–Crippen MR) is 87.5 cm³/mol. The maximum Gasteiger partial charge on any atom is 0.223 e. The third-order valence-corrected chi connectivity index (χ3v) is 4.42. The first-order valence-corrected chi connectivity index (χ1v) is 8.46. The van der Waals surface area contributed by atoms with Gasteiger partial charge in [0.15, 0.2) is 0 Å². The lowest BCUT2D eigenvalue weighted by Crippen LogP contribution is -2.58. The van der Waals surface area contributed by atoms with Crippen LogP contribution in [0, 0.1) is 19.8 Å². The van der Waals surface area contributed by atoms with E-state index >= 15 is 0 Å². The molecule has 1 aromatic heterocycles. The van der Waals surface area contributed by atoms with Crippen LogP contribution in [0.4, 0.5) is 0 Å². The van der Waals surface area contributed by atoms with Gasteiger partial charge in [-0.15, -0.1) is 0 Å². The first-order chi connectivity index (χ1) is 11.3. The van der Waals surface area contributed by atoms with Crippen LogP contribution in [0.15, 0.2) is 4.52 Å². The molecule has 1 aliphatic rings. The van der Waals surface area contributed by atoms with E-state index in [1.807, 2.05) is 27.7 Å². The van der Waals surface area contributed by atoms with Gasteiger partial charge in [0.1, 0.15) is 18.0 Å². The van der Waals surface area contributed by atoms with Crippen LogP contribution in [0.2, 0.25) is 0 Å². The molecule has 7 heteroatoms. The van der Waals surface area contributed by atoms with Crippen molar-refractivity contribution in [2.24, 2.45) is 5.92 Å². The van der Waals surface area contributed by atoms with Crippen molar-refractivity contribution in [1.29, 1.82) is 0 Å². The van der Waals surface area contributed by atoms with Crippen LogP contribution in [0.5, 0.6) is 0 Å². The highest BCUT2D eigenvalue weighted by Gasteiger charge is 2.37. The number of rotatable bonds is 6. The lowest BCUT2D eigenvalue weighted by Gasteiger charge is -2.40. The molecule has 2 heterocycles. The summed E-state index contributed by atoms with van der Waals surface area (Å²) >= 11 is 0. The van der Waals surface area contributed by atoms with E-state index in [2.05, 4.69) is 5.16 Å². The van der Waals surface area contributed by atoms with E-state index in [-0.39, 0.29) is 25.0 Å². The minimum atomic E-state index is -0.986. The SMILES string of the molecule is Cc1noc(C)c1CCC(=O)N(CC(C)C)[C@@H]1COC[C@@H](O)[C@H]1O. The monoisotopic (exact) mass is 340 g/mol. The van der Waals surface area contributed by atoms with Gasteiger partial charge in [0.25, 0.3) is 0 Å². The fourth-order valence-corrected chi connectivity index (χ4v) is 3.09. The fraction of sp³-hybridized carbons (Fsp3) is 0.765. The highest BCUT2D eigenvalue weighted by Crippen LogP contribution is 2.20. The number of aliphatic hydroxyl groups is 2. The van der Waals surface area contributed by atoms with Gasteiger partial charge in [-0.1, -0.05) is 19.0 Å². The summed E-state index contributed by atoms with van der Waals surface area (Å²) in [5, 5.41) is 24.0. The Hall–Kier alpha value is -1.44. The van der Waals surface area contributed by atoms with Crippen molar-refractivity contribution in [3.63, 3.8) is 0 Å². The van der Waals surface area contributed by atoms with E-state index in [0.29, 0.717) is 19.4 Å². The number of carbonyl (C=O) groups is 1. The van der Waals surface area contributed by atoms with Crippen LogP contribution < -0.4 is 0 Å². The van der Waals surface area contributed by atoms with Gasteiger partial charge in [-0.05, 0) is 26.2 Å². The molecule has 24 heavy (non-hydrogen) atoms. The molecule has 2 N–H and O–H groups in total. The summed E-state index contributed by atoms with van der Waals surface area (Å²) in [6.07, 6.45) is -1.11. The molecule has 1 aromatic rings. The summed E-state index contributed by atoms with van der Waals surface area (Å²) in [7, 11) is 0. The zero-order chi connectivity index (χ0) is 17.9. The Morgan fingerprint density at radius 1 is 1.33 bits per heavy atom. The number of nitrogens with zero attached hydrogens (tertiary/aromatic N) is 2. The number of hydrogen-bond donors (Lipinski definition) is 2. The molecule has 2 rings (SSSR count). The molecule has 1 fully saturated rings. The molecule has 1 amide bonds. The van der Waals surface area contributed by atoms with Gasteiger partial charge in [-0.3, -0.25) is 4.79 Å². The maximum absolute atomic E-state index is 12.8. The zero-order valence-electron chi connectivity index (χ0n) is 14.9. The minimum absolute atomic E-state index is 0.0644. The van der Waals surface area contributed by atoms with Crippen LogP contribution >= 0.6 is 0 Å². The summed E-state index contributed by atoms with van der Waals surface area (Å²) in [4.78, 5) is 14.4. The van der Waals surface area contributed by atoms with Gasteiger partial charge in [-0.2, -0.15) is 0 Å². The van der Waals surface area contributed by atoms with Crippen LogP contribution in [0.3, 0.4) is 0 Å². The summed E-state index contributed by atoms with van der Waals surface area (Å²) in [5.74, 6) is 0.914. The van der Waals surface area contributed by atoms with Crippen molar-refractivity contribution < 1.29 is 24.3 Å². The standard InChI is InChI=1S/C17H28N2O5/c1-10(2)7-19(14-8-23-9-15(20)17(14)22)16(21)6-5-13-11(3)18-24-12(13)4/h10,14-15,17,20,22H,5-9H2,1-4H3/t14-,15-,17+/m1/s1. The Balaban J connectivity index is 2.07. The van der Waals surface area contributed by atoms with Crippen LogP contribution in [-0.4, -0.2) is 64.2 Å². The number of ether oxygens (including phenoxy) is 1. The van der Waals surface area contributed by atoms with Gasteiger partial charge in [0.05, 0.1) is 24.9 Å². The lowest BCUT2D eigenvalue weighted by molar-refractivity contribution is -0.157. The molecule has 0 bridgehead atoms. The van der Waals surface area contributed by atoms with Crippen molar-refractivity contribution in [3.8, 4) is 0 Å². The number of hydrogen-bond acceptors (Lipinski definition) is 6. The summed E-state index contributed by atoms with van der Waals surface area (Å²) in [6.45, 7) is 8.57. The van der Waals surface area contributed by atoms with E-state index in [4.69, 9.17) is 9.26 Å². The van der Waals surface area contributed by atoms with Crippen LogP contribution in [0.25, 0.3) is 0 Å². The van der Waals surface area contributed by atoms with E-state index in [0.717, 1.165) is 17.0 Å². The number of aryl methyl sites for hydroxylation is 2. The fourth-order valence-electron chi connectivity index (χ4n) is 3.09. The number of carbonyl (C=O) groups excluding carboxylic acids is 1. The molecule has 0 aromatic carbocycles. The third-order valence-electron chi connectivity index (χ3n) is 4.42. The molecule has 7 nitrogen and oxygen atoms in total. The quantitative estimate of drug-likeness (QED) is 0.796. The van der Waals surface area contributed by atoms with Gasteiger partial charge < -0.3 is 24.4 Å². The lowest BCUT2D eigenvalue weighted by atomic mass is 9.99. The molecule has 0 spiro atoms. The Kier molecular flexibility index (Phi) is 6.37. The maximum atomic E-state index is 12.8. The normalized spacial score (nSPS) is 24.4. The Morgan fingerprint density at radius 3 is 2.62 bits per heavy atom. The molecule has 3 atom stereocenters. The number of aliphatic hydroxyl groups excluding tert-OH is 2. The second kappa shape index (κ2) is 8.09. The van der Waals surface area contributed by atoms with E-state index in [1.54, 1.807) is 4.90 Å². The van der Waals surface area contributed by atoms with Crippen LogP contribution in [-0.2, 0) is 16.0 Å². The van der Waals surface area contributed by atoms with Gasteiger partial charge in [0, 0.05) is 18.5 Å². The van der Waals surface area contributed by atoms with E-state index in [1.165, 1.54) is 0 Å². The molecular weight excluding hydrogens is 312 g/mol. The van der Waals surface area contributed by atoms with Gasteiger partial charge >= 0.3 is 0 Å². The Bertz CT molecular complexity index is 538. The second-order valence-corrected chi connectivity index (χ2v) is 6.91. The summed E-state index contributed by atoms with van der Waals surface area (Å²) in [5.41, 5.74) is 1.75. The van der Waals surface area contributed by atoms with E-state index in [9.17, 15) is 15.0 Å². The second-order valence-electron chi connectivity index (χ2n) is 6.91. The highest BCUT2D eigenvalue weighted by molar-refractivity contribution is 5.77. The summed E-state index contributed by atoms with van der Waals surface area (Å²) in [6, 6.07) is -0.520. The first-order valence-electron chi connectivity index (χ1n) is 8.46. The van der Waals surface area contributed by atoms with E-state index < -0.39 is 18.2 Å². The average Bonchev–Trinajstić information content (AvgIpc) is 2.84. The smallest absolute Gasteiger partial charge is 0.223 e. The number of amides is 1. The zero-order valence-corrected chi connectivity index (χ0v) is 14.9. The topological polar surface area (TPSA) is 96.0 Å². The van der Waals surface area contributed by atoms with Crippen LogP contribution in [0.1, 0.15) is 37.3 Å². The average molecular weight is 340 g/mol. The Morgan fingerprint density at radius 2 is 2.04 bits per heavy atom. The van der Waals surface area contributed by atoms with Gasteiger partial charge in [0.2, 0.25) is 5.91 Å². The molecule has 0 aliphatic carbocycles.